The fourth-order valence-electron chi connectivity index (χ4n) is 1.50. The van der Waals surface area contributed by atoms with Crippen molar-refractivity contribution >= 4 is 17.7 Å². The third kappa shape index (κ3) is 3.80. The number of nitro groups is 1. The molecular weight excluding hydrogens is 248 g/mol. The first-order chi connectivity index (χ1) is 8.97. The van der Waals surface area contributed by atoms with E-state index in [2.05, 4.69) is 0 Å². The van der Waals surface area contributed by atoms with Crippen LogP contribution in [0.15, 0.2) is 24.4 Å². The minimum absolute atomic E-state index is 0.0345. The van der Waals surface area contributed by atoms with Gasteiger partial charge in [-0.05, 0) is 31.3 Å². The molecule has 0 atom stereocenters. The molecule has 0 saturated carbocycles. The highest BCUT2D eigenvalue weighted by Crippen LogP contribution is 2.25. The van der Waals surface area contributed by atoms with Crippen molar-refractivity contribution in [3.05, 3.63) is 45.6 Å². The van der Waals surface area contributed by atoms with E-state index in [1.165, 1.54) is 6.07 Å². The molecule has 1 rings (SSSR count). The van der Waals surface area contributed by atoms with Crippen molar-refractivity contribution in [1.29, 1.82) is 0 Å². The van der Waals surface area contributed by atoms with Crippen LogP contribution in [0.5, 0.6) is 0 Å². The number of nitrogens with zero attached hydrogens (tertiary/aromatic N) is 2. The second-order valence-corrected chi connectivity index (χ2v) is 4.00. The van der Waals surface area contributed by atoms with Gasteiger partial charge in [0.05, 0.1) is 17.1 Å². The van der Waals surface area contributed by atoms with Crippen molar-refractivity contribution in [1.82, 2.24) is 4.90 Å². The van der Waals surface area contributed by atoms with E-state index in [0.29, 0.717) is 5.56 Å². The molecule has 0 spiro atoms. The van der Waals surface area contributed by atoms with E-state index >= 15 is 0 Å². The van der Waals surface area contributed by atoms with E-state index in [0.717, 1.165) is 0 Å². The van der Waals surface area contributed by atoms with Crippen molar-refractivity contribution in [2.24, 2.45) is 0 Å². The van der Waals surface area contributed by atoms with Gasteiger partial charge in [-0.2, -0.15) is 0 Å². The molecule has 102 valence electrons. The first-order valence-electron chi connectivity index (χ1n) is 5.76. The number of nitro benzene ring substituents is 1. The maximum atomic E-state index is 11.7. The van der Waals surface area contributed by atoms with Crippen LogP contribution in [0.1, 0.15) is 22.8 Å². The summed E-state index contributed by atoms with van der Waals surface area (Å²) in [5.74, 6) is -0.686. The zero-order chi connectivity index (χ0) is 14.4. The maximum Gasteiger partial charge on any atom is 0.345 e. The third-order valence-electron chi connectivity index (χ3n) is 2.30. The average molecular weight is 264 g/mol. The minimum Gasteiger partial charge on any atom is -0.462 e. The van der Waals surface area contributed by atoms with Crippen LogP contribution in [0.3, 0.4) is 0 Å². The topological polar surface area (TPSA) is 72.7 Å². The Morgan fingerprint density at radius 2 is 2.16 bits per heavy atom. The lowest BCUT2D eigenvalue weighted by atomic mass is 10.1. The lowest BCUT2D eigenvalue weighted by Crippen LogP contribution is -2.09. The molecular formula is C13H16N2O4. The number of esters is 1. The predicted molar refractivity (Wildman–Crippen MR) is 71.8 cm³/mol. The molecule has 0 bridgehead atoms. The first kappa shape index (κ1) is 14.7. The second kappa shape index (κ2) is 6.53. The summed E-state index contributed by atoms with van der Waals surface area (Å²) in [7, 11) is 3.61. The van der Waals surface area contributed by atoms with Gasteiger partial charge in [0.1, 0.15) is 5.56 Å². The van der Waals surface area contributed by atoms with Gasteiger partial charge >= 0.3 is 5.97 Å². The summed E-state index contributed by atoms with van der Waals surface area (Å²) in [6, 6.07) is 4.57. The van der Waals surface area contributed by atoms with E-state index in [4.69, 9.17) is 4.74 Å². The van der Waals surface area contributed by atoms with Crippen molar-refractivity contribution in [3.8, 4) is 0 Å². The van der Waals surface area contributed by atoms with Gasteiger partial charge in [0.25, 0.3) is 5.69 Å². The van der Waals surface area contributed by atoms with Crippen LogP contribution in [0, 0.1) is 10.1 Å². The summed E-state index contributed by atoms with van der Waals surface area (Å²) in [6.07, 6.45) is 3.26. The van der Waals surface area contributed by atoms with Gasteiger partial charge in [-0.25, -0.2) is 4.79 Å². The Morgan fingerprint density at radius 3 is 2.68 bits per heavy atom. The highest BCUT2D eigenvalue weighted by Gasteiger charge is 2.24. The molecule has 0 fully saturated rings. The molecule has 0 N–H and O–H groups in total. The molecule has 0 aromatic heterocycles. The molecule has 0 aliphatic rings. The highest BCUT2D eigenvalue weighted by atomic mass is 16.6. The van der Waals surface area contributed by atoms with Crippen molar-refractivity contribution in [2.45, 2.75) is 6.92 Å². The SMILES string of the molecule is CCOC(=O)c1cccc(C=CN(C)C)c1[N+](=O)[O-]. The Balaban J connectivity index is 3.30. The Labute approximate surface area is 111 Å². The summed E-state index contributed by atoms with van der Waals surface area (Å²) >= 11 is 0. The van der Waals surface area contributed by atoms with E-state index < -0.39 is 10.9 Å². The van der Waals surface area contributed by atoms with Crippen LogP contribution in [0.4, 0.5) is 5.69 Å². The van der Waals surface area contributed by atoms with Crippen LogP contribution in [-0.2, 0) is 4.74 Å². The summed E-state index contributed by atoms with van der Waals surface area (Å²) in [6.45, 7) is 1.83. The molecule has 0 radical (unpaired) electrons. The molecule has 0 aliphatic heterocycles. The largest absolute Gasteiger partial charge is 0.462 e. The van der Waals surface area contributed by atoms with Gasteiger partial charge in [-0.1, -0.05) is 6.07 Å². The highest BCUT2D eigenvalue weighted by molar-refractivity contribution is 5.95. The van der Waals surface area contributed by atoms with Crippen LogP contribution >= 0.6 is 0 Å². The molecule has 19 heavy (non-hydrogen) atoms. The number of benzene rings is 1. The minimum atomic E-state index is -0.686. The summed E-state index contributed by atoms with van der Waals surface area (Å²) < 4.78 is 4.82. The molecule has 1 aromatic rings. The maximum absolute atomic E-state index is 11.7. The fraction of sp³-hybridized carbons (Fsp3) is 0.308. The van der Waals surface area contributed by atoms with Crippen LogP contribution in [-0.4, -0.2) is 36.5 Å². The Kier molecular flexibility index (Phi) is 5.05. The van der Waals surface area contributed by atoms with Crippen molar-refractivity contribution in [2.75, 3.05) is 20.7 Å². The number of para-hydroxylation sites is 1. The zero-order valence-electron chi connectivity index (χ0n) is 11.1. The zero-order valence-corrected chi connectivity index (χ0v) is 11.1. The third-order valence-corrected chi connectivity index (χ3v) is 2.30. The van der Waals surface area contributed by atoms with Gasteiger partial charge in [-0.3, -0.25) is 10.1 Å². The number of hydrogen-bond donors (Lipinski definition) is 0. The van der Waals surface area contributed by atoms with E-state index in [1.54, 1.807) is 50.3 Å². The smallest absolute Gasteiger partial charge is 0.345 e. The summed E-state index contributed by atoms with van der Waals surface area (Å²) in [4.78, 5) is 24.0. The molecule has 0 amide bonds. The monoisotopic (exact) mass is 264 g/mol. The van der Waals surface area contributed by atoms with Crippen LogP contribution < -0.4 is 0 Å². The van der Waals surface area contributed by atoms with Gasteiger partial charge in [0.15, 0.2) is 0 Å². The standard InChI is InChI=1S/C13H16N2O4/c1-4-19-13(16)11-7-5-6-10(8-9-14(2)3)12(11)15(17)18/h5-9H,4H2,1-3H3. The average Bonchev–Trinajstić information content (AvgIpc) is 2.35. The van der Waals surface area contributed by atoms with Crippen molar-refractivity contribution in [3.63, 3.8) is 0 Å². The van der Waals surface area contributed by atoms with Crippen LogP contribution in [0.25, 0.3) is 6.08 Å². The Morgan fingerprint density at radius 1 is 1.47 bits per heavy atom. The van der Waals surface area contributed by atoms with Crippen LogP contribution in [0.2, 0.25) is 0 Å². The molecule has 6 heteroatoms. The van der Waals surface area contributed by atoms with E-state index in [-0.39, 0.29) is 17.9 Å². The molecule has 0 unspecified atom stereocenters. The molecule has 6 nitrogen and oxygen atoms in total. The lowest BCUT2D eigenvalue weighted by Gasteiger charge is -2.06. The number of carbonyl (C=O) groups excluding carboxylic acids is 1. The Hall–Kier alpha value is -2.37. The summed E-state index contributed by atoms with van der Waals surface area (Å²) in [5, 5.41) is 11.1. The van der Waals surface area contributed by atoms with Gasteiger partial charge in [0.2, 0.25) is 0 Å². The molecule has 0 heterocycles. The molecule has 1 aromatic carbocycles. The molecule has 0 saturated heterocycles. The predicted octanol–water partition coefficient (Wildman–Crippen LogP) is 2.30. The number of rotatable bonds is 5. The lowest BCUT2D eigenvalue weighted by molar-refractivity contribution is -0.385. The molecule has 0 aliphatic carbocycles. The van der Waals surface area contributed by atoms with Gasteiger partial charge < -0.3 is 9.64 Å². The number of carbonyl (C=O) groups is 1. The van der Waals surface area contributed by atoms with Crippen molar-refractivity contribution < 1.29 is 14.5 Å². The van der Waals surface area contributed by atoms with E-state index in [1.807, 2.05) is 0 Å². The Bertz CT molecular complexity index is 509. The number of hydrogen-bond acceptors (Lipinski definition) is 5. The fourth-order valence-corrected chi connectivity index (χ4v) is 1.50. The normalized spacial score (nSPS) is 10.5. The first-order valence-corrected chi connectivity index (χ1v) is 5.76. The van der Waals surface area contributed by atoms with Gasteiger partial charge in [-0.15, -0.1) is 0 Å². The second-order valence-electron chi connectivity index (χ2n) is 4.00. The van der Waals surface area contributed by atoms with E-state index in [9.17, 15) is 14.9 Å². The van der Waals surface area contributed by atoms with Gasteiger partial charge in [0, 0.05) is 14.1 Å². The quantitative estimate of drug-likeness (QED) is 0.463. The summed E-state index contributed by atoms with van der Waals surface area (Å²) in [5.41, 5.74) is 0.0936. The number of ether oxygens (including phenoxy) is 1.